The number of benzene rings is 2. The predicted octanol–water partition coefficient (Wildman–Crippen LogP) is 5.94. The number of hydrogen-bond acceptors (Lipinski definition) is 5. The van der Waals surface area contributed by atoms with Gasteiger partial charge in [-0.15, -0.1) is 6.58 Å². The van der Waals surface area contributed by atoms with Gasteiger partial charge in [0.1, 0.15) is 0 Å². The Kier molecular flexibility index (Phi) is 9.92. The number of halogens is 1. The Bertz CT molecular complexity index is 1350. The van der Waals surface area contributed by atoms with Gasteiger partial charge in [-0.05, 0) is 51.8 Å². The predicted molar refractivity (Wildman–Crippen MR) is 150 cm³/mol. The summed E-state index contributed by atoms with van der Waals surface area (Å²) in [5.74, 6) is -0.727. The molecule has 0 bridgehead atoms. The fourth-order valence-electron chi connectivity index (χ4n) is 4.01. The van der Waals surface area contributed by atoms with Crippen molar-refractivity contribution in [2.24, 2.45) is 0 Å². The highest BCUT2D eigenvalue weighted by Crippen LogP contribution is 2.42. The zero-order valence-corrected chi connectivity index (χ0v) is 23.2. The molecular weight excluding hydrogens is 517 g/mol. The van der Waals surface area contributed by atoms with E-state index in [2.05, 4.69) is 6.58 Å². The van der Waals surface area contributed by atoms with Crippen molar-refractivity contribution in [3.8, 4) is 0 Å². The third kappa shape index (κ3) is 5.76. The van der Waals surface area contributed by atoms with Crippen LogP contribution in [0.1, 0.15) is 44.1 Å². The summed E-state index contributed by atoms with van der Waals surface area (Å²) in [4.78, 5) is 13.5. The van der Waals surface area contributed by atoms with Crippen LogP contribution in [-0.4, -0.2) is 36.8 Å². The van der Waals surface area contributed by atoms with Crippen molar-refractivity contribution >= 4 is 57.3 Å². The van der Waals surface area contributed by atoms with Gasteiger partial charge in [0.2, 0.25) is 10.0 Å². The van der Waals surface area contributed by atoms with Crippen molar-refractivity contribution in [3.63, 3.8) is 0 Å². The topological polar surface area (TPSA) is 74.6 Å². The van der Waals surface area contributed by atoms with Gasteiger partial charge in [-0.1, -0.05) is 60.2 Å². The Hall–Kier alpha value is -2.44. The molecule has 3 aromatic rings. The van der Waals surface area contributed by atoms with E-state index in [0.717, 1.165) is 9.28 Å². The molecule has 0 saturated heterocycles. The van der Waals surface area contributed by atoms with Gasteiger partial charge >= 0.3 is 5.97 Å². The molecule has 0 spiro atoms. The van der Waals surface area contributed by atoms with Crippen molar-refractivity contribution in [2.45, 2.75) is 38.9 Å². The third-order valence-corrected chi connectivity index (χ3v) is 9.90. The number of hydrogen-bond donors (Lipinski definition) is 0. The summed E-state index contributed by atoms with van der Waals surface area (Å²) in [5, 5.41) is 1.40. The molecule has 0 aliphatic rings. The Morgan fingerprint density at radius 2 is 1.89 bits per heavy atom. The average molecular weight is 548 g/mol. The maximum Gasteiger partial charge on any atom is 0.356 e. The van der Waals surface area contributed by atoms with E-state index < -0.39 is 29.4 Å². The number of carbonyl (C=O) groups is 1. The second-order valence-corrected chi connectivity index (χ2v) is 12.1. The normalized spacial score (nSPS) is 13.7. The fraction of sp³-hybridized carbons (Fsp3) is 0.296. The van der Waals surface area contributed by atoms with Crippen LogP contribution in [0, 0.1) is 0 Å². The molecule has 0 amide bonds. The maximum atomic E-state index is 14.2. The van der Waals surface area contributed by atoms with Crippen molar-refractivity contribution in [1.29, 1.82) is 0 Å². The molecule has 0 aliphatic heterocycles. The highest BCUT2D eigenvalue weighted by molar-refractivity contribution is 7.91. The number of nitrogens with zero attached hydrogens (tertiary/aromatic N) is 1. The molecule has 192 valence electrons. The van der Waals surface area contributed by atoms with Gasteiger partial charge in [-0.3, -0.25) is 0 Å². The number of rotatable bonds is 12. The van der Waals surface area contributed by atoms with Crippen LogP contribution in [-0.2, 0) is 19.3 Å². The number of ether oxygens (including phenoxy) is 1. The number of allylic oxidation sites excluding steroid dienone is 2. The van der Waals surface area contributed by atoms with E-state index in [1.54, 1.807) is 50.3 Å². The van der Waals surface area contributed by atoms with Gasteiger partial charge in [0.15, 0.2) is 5.69 Å². The summed E-state index contributed by atoms with van der Waals surface area (Å²) < 4.78 is 41.1. The van der Waals surface area contributed by atoms with E-state index in [1.165, 1.54) is 0 Å². The molecule has 36 heavy (non-hydrogen) atoms. The molecule has 0 fully saturated rings. The zero-order valence-electron chi connectivity index (χ0n) is 20.7. The number of carbonyl (C=O) groups excluding carboxylic acids is 1. The molecule has 1 aromatic heterocycles. The van der Waals surface area contributed by atoms with Crippen LogP contribution < -0.4 is 10.6 Å². The monoisotopic (exact) mass is 547 g/mol. The Labute approximate surface area is 219 Å². The minimum atomic E-state index is -4.09. The van der Waals surface area contributed by atoms with Crippen molar-refractivity contribution in [3.05, 3.63) is 84.1 Å². The molecule has 0 N–H and O–H groups in total. The molecule has 9 heteroatoms. The molecule has 0 aliphatic carbocycles. The lowest BCUT2D eigenvalue weighted by molar-refractivity contribution is 0.0520. The molecule has 2 aromatic carbocycles. The quantitative estimate of drug-likeness (QED) is 0.159. The Morgan fingerprint density at radius 1 is 1.17 bits per heavy atom. The van der Waals surface area contributed by atoms with E-state index in [9.17, 15) is 13.2 Å². The van der Waals surface area contributed by atoms with Gasteiger partial charge in [-0.2, -0.15) is 0 Å². The number of esters is 1. The lowest BCUT2D eigenvalue weighted by atomic mass is 10.2. The third-order valence-electron chi connectivity index (χ3n) is 5.48. The first-order valence-corrected chi connectivity index (χ1v) is 14.9. The van der Waals surface area contributed by atoms with Crippen LogP contribution in [0.4, 0.5) is 0 Å². The van der Waals surface area contributed by atoms with Crippen LogP contribution >= 0.6 is 19.7 Å². The Balaban J connectivity index is 2.47. The molecule has 3 rings (SSSR count). The largest absolute Gasteiger partial charge is 0.461 e. The van der Waals surface area contributed by atoms with Crippen LogP contribution in [0.2, 0.25) is 5.02 Å². The summed E-state index contributed by atoms with van der Waals surface area (Å²) >= 11 is 6.39. The second kappa shape index (κ2) is 12.7. The van der Waals surface area contributed by atoms with Crippen LogP contribution in [0.25, 0.3) is 10.9 Å². The van der Waals surface area contributed by atoms with Gasteiger partial charge in [-0.25, -0.2) is 17.2 Å². The molecule has 1 heterocycles. The first kappa shape index (κ1) is 28.1. The highest BCUT2D eigenvalue weighted by atomic mass is 35.5. The smallest absolute Gasteiger partial charge is 0.356 e. The zero-order chi connectivity index (χ0) is 26.3. The van der Waals surface area contributed by atoms with Crippen molar-refractivity contribution in [1.82, 2.24) is 3.97 Å². The SMILES string of the molecule is C=CCCC(/C=C\C)S(=O)(=O)n1c(C(=O)OCC)c(P(OCC)c2ccccc2)c2cc(Cl)ccc21. The summed E-state index contributed by atoms with van der Waals surface area (Å²) in [7, 11) is -5.66. The number of fused-ring (bicyclic) bond motifs is 1. The van der Waals surface area contributed by atoms with Gasteiger partial charge in [0.05, 0.1) is 25.5 Å². The summed E-state index contributed by atoms with van der Waals surface area (Å²) in [6.07, 6.45) is 5.84. The van der Waals surface area contributed by atoms with Crippen molar-refractivity contribution < 1.29 is 22.5 Å². The minimum absolute atomic E-state index is 0.0503. The summed E-state index contributed by atoms with van der Waals surface area (Å²) in [5.41, 5.74) is 0.305. The molecule has 6 nitrogen and oxygen atoms in total. The first-order valence-electron chi connectivity index (χ1n) is 11.8. The highest BCUT2D eigenvalue weighted by Gasteiger charge is 2.37. The minimum Gasteiger partial charge on any atom is -0.461 e. The van der Waals surface area contributed by atoms with Gasteiger partial charge in [0.25, 0.3) is 0 Å². The summed E-state index contributed by atoms with van der Waals surface area (Å²) in [6, 6.07) is 14.4. The van der Waals surface area contributed by atoms with Gasteiger partial charge in [0, 0.05) is 27.6 Å². The maximum absolute atomic E-state index is 14.2. The first-order chi connectivity index (χ1) is 17.3. The molecular formula is C27H31ClNO5PS. The second-order valence-electron chi connectivity index (χ2n) is 7.87. The molecule has 2 atom stereocenters. The lowest BCUT2D eigenvalue weighted by Crippen LogP contribution is -2.31. The lowest BCUT2D eigenvalue weighted by Gasteiger charge is -2.20. The molecule has 0 saturated carbocycles. The average Bonchev–Trinajstić information content (AvgIpc) is 3.20. The van der Waals surface area contributed by atoms with Crippen LogP contribution in [0.5, 0.6) is 0 Å². The molecule has 0 radical (unpaired) electrons. The standard InChI is InChI=1S/C27H31ClNO5PS/c1-5-9-16-22(13-6-2)36(31,32)29-24-18-17-20(28)19-23(24)26(25(29)27(30)33-7-3)35(34-8-4)21-14-11-10-12-15-21/h5-6,10-15,17-19,22H,1,7-9,16H2,2-4H3/b13-6-. The van der Waals surface area contributed by atoms with Gasteiger partial charge < -0.3 is 9.26 Å². The Morgan fingerprint density at radius 3 is 2.50 bits per heavy atom. The van der Waals surface area contributed by atoms with E-state index >= 15 is 0 Å². The van der Waals surface area contributed by atoms with E-state index in [0.29, 0.717) is 40.7 Å². The van der Waals surface area contributed by atoms with Crippen molar-refractivity contribution in [2.75, 3.05) is 13.2 Å². The number of aromatic nitrogens is 1. The van der Waals surface area contributed by atoms with E-state index in [-0.39, 0.29) is 12.3 Å². The van der Waals surface area contributed by atoms with E-state index in [1.807, 2.05) is 37.3 Å². The summed E-state index contributed by atoms with van der Waals surface area (Å²) in [6.45, 7) is 9.50. The molecule has 2 unspecified atom stereocenters. The van der Waals surface area contributed by atoms with Crippen LogP contribution in [0.15, 0.2) is 73.3 Å². The van der Waals surface area contributed by atoms with E-state index in [4.69, 9.17) is 20.9 Å². The fourth-order valence-corrected chi connectivity index (χ4v) is 8.18. The van der Waals surface area contributed by atoms with Crippen LogP contribution in [0.3, 0.4) is 0 Å².